The molecule has 0 spiro atoms. The number of nitrogen functional groups attached to an aromatic ring is 1. The molecule has 1 atom stereocenters. The summed E-state index contributed by atoms with van der Waals surface area (Å²) in [6.45, 7) is 2.16. The molecule has 4 rings (SSSR count). The van der Waals surface area contributed by atoms with E-state index in [-0.39, 0.29) is 11.7 Å². The predicted molar refractivity (Wildman–Crippen MR) is 108 cm³/mol. The minimum absolute atomic E-state index is 0.0177. The average Bonchev–Trinajstić information content (AvgIpc) is 3.13. The van der Waals surface area contributed by atoms with Gasteiger partial charge in [-0.3, -0.25) is 4.79 Å². The first-order valence-corrected chi connectivity index (χ1v) is 10.1. The van der Waals surface area contributed by atoms with Crippen LogP contribution in [0.25, 0.3) is 11.4 Å². The van der Waals surface area contributed by atoms with Crippen molar-refractivity contribution in [3.63, 3.8) is 0 Å². The van der Waals surface area contributed by atoms with Gasteiger partial charge in [0.25, 0.3) is 0 Å². The Morgan fingerprint density at radius 3 is 2.45 bits per heavy atom. The Morgan fingerprint density at radius 2 is 1.76 bits per heavy atom. The number of hydrogen-bond donors (Lipinski definition) is 1. The normalized spacial score (nSPS) is 15.3. The lowest BCUT2D eigenvalue weighted by Crippen LogP contribution is -2.42. The van der Waals surface area contributed by atoms with E-state index in [1.165, 1.54) is 28.6 Å². The number of nitrogens with zero attached hydrogens (tertiary/aromatic N) is 4. The number of aromatic nitrogens is 3. The van der Waals surface area contributed by atoms with Crippen molar-refractivity contribution in [1.82, 2.24) is 19.8 Å². The monoisotopic (exact) mass is 413 g/mol. The Morgan fingerprint density at radius 1 is 1.07 bits per heavy atom. The summed E-state index contributed by atoms with van der Waals surface area (Å²) >= 11 is 1.25. The molecule has 1 aromatic heterocycles. The van der Waals surface area contributed by atoms with Gasteiger partial charge >= 0.3 is 0 Å². The second kappa shape index (κ2) is 8.62. The van der Waals surface area contributed by atoms with Crippen LogP contribution in [0.1, 0.15) is 10.8 Å². The van der Waals surface area contributed by atoms with E-state index < -0.39 is 5.25 Å². The van der Waals surface area contributed by atoms with Crippen LogP contribution in [-0.2, 0) is 9.53 Å². The molecule has 29 heavy (non-hydrogen) atoms. The fourth-order valence-electron chi connectivity index (χ4n) is 3.10. The molecule has 1 saturated heterocycles. The van der Waals surface area contributed by atoms with Crippen molar-refractivity contribution < 1.29 is 13.9 Å². The molecule has 2 N–H and O–H groups in total. The molecule has 0 bridgehead atoms. The van der Waals surface area contributed by atoms with Crippen molar-refractivity contribution in [1.29, 1.82) is 0 Å². The van der Waals surface area contributed by atoms with Crippen LogP contribution in [0.3, 0.4) is 0 Å². The van der Waals surface area contributed by atoms with Crippen molar-refractivity contribution in [3.8, 4) is 11.4 Å². The quantitative estimate of drug-likeness (QED) is 0.511. The topological polar surface area (TPSA) is 86.3 Å². The molecule has 3 aromatic rings. The first-order valence-electron chi connectivity index (χ1n) is 9.18. The molecule has 150 valence electrons. The summed E-state index contributed by atoms with van der Waals surface area (Å²) in [7, 11) is 0. The van der Waals surface area contributed by atoms with Crippen molar-refractivity contribution >= 4 is 17.7 Å². The van der Waals surface area contributed by atoms with Crippen molar-refractivity contribution in [2.75, 3.05) is 32.1 Å². The molecule has 2 aromatic carbocycles. The zero-order chi connectivity index (χ0) is 20.2. The summed E-state index contributed by atoms with van der Waals surface area (Å²) in [5.41, 5.74) is 1.50. The molecular weight excluding hydrogens is 393 g/mol. The lowest BCUT2D eigenvalue weighted by Gasteiger charge is -2.30. The van der Waals surface area contributed by atoms with Crippen molar-refractivity contribution in [2.24, 2.45) is 0 Å². The average molecular weight is 413 g/mol. The molecule has 0 unspecified atom stereocenters. The molecule has 1 aliphatic heterocycles. The number of carbonyl (C=O) groups excluding carboxylic acids is 1. The van der Waals surface area contributed by atoms with Gasteiger partial charge in [-0.25, -0.2) is 9.07 Å². The number of amides is 1. The number of benzene rings is 2. The highest BCUT2D eigenvalue weighted by Gasteiger charge is 2.30. The van der Waals surface area contributed by atoms with Crippen LogP contribution in [0.15, 0.2) is 59.8 Å². The summed E-state index contributed by atoms with van der Waals surface area (Å²) in [4.78, 5) is 15.0. The summed E-state index contributed by atoms with van der Waals surface area (Å²) in [5, 5.41) is 8.19. The van der Waals surface area contributed by atoms with E-state index in [0.717, 1.165) is 5.56 Å². The molecule has 1 fully saturated rings. The van der Waals surface area contributed by atoms with E-state index in [4.69, 9.17) is 10.6 Å². The highest BCUT2D eigenvalue weighted by atomic mass is 32.2. The largest absolute Gasteiger partial charge is 0.378 e. The van der Waals surface area contributed by atoms with Gasteiger partial charge in [0.1, 0.15) is 11.1 Å². The van der Waals surface area contributed by atoms with E-state index in [2.05, 4.69) is 10.2 Å². The standard InChI is InChI=1S/C20H20FN5O2S/c21-16-8-6-15(7-9-16)18-23-24-20(26(18)22)29-17(14-4-2-1-3-5-14)19(27)25-10-12-28-13-11-25/h1-9,17H,10-13,22H2/t17-/m0/s1. The van der Waals surface area contributed by atoms with E-state index in [9.17, 15) is 9.18 Å². The maximum absolute atomic E-state index is 13.2. The molecule has 0 radical (unpaired) electrons. The molecule has 0 saturated carbocycles. The first kappa shape index (κ1) is 19.4. The second-order valence-electron chi connectivity index (χ2n) is 6.53. The van der Waals surface area contributed by atoms with Crippen LogP contribution in [-0.4, -0.2) is 52.0 Å². The van der Waals surface area contributed by atoms with Crippen LogP contribution in [0.2, 0.25) is 0 Å². The molecule has 7 nitrogen and oxygen atoms in total. The Bertz CT molecular complexity index is 974. The zero-order valence-corrected chi connectivity index (χ0v) is 16.4. The molecular formula is C20H20FN5O2S. The minimum Gasteiger partial charge on any atom is -0.378 e. The van der Waals surface area contributed by atoms with Crippen LogP contribution >= 0.6 is 11.8 Å². The number of rotatable bonds is 5. The maximum Gasteiger partial charge on any atom is 0.240 e. The summed E-state index contributed by atoms with van der Waals surface area (Å²) in [6, 6.07) is 15.4. The first-order chi connectivity index (χ1) is 14.1. The van der Waals surface area contributed by atoms with Crippen molar-refractivity contribution in [2.45, 2.75) is 10.4 Å². The molecule has 2 heterocycles. The Labute approximate surface area is 171 Å². The van der Waals surface area contributed by atoms with E-state index in [0.29, 0.717) is 42.8 Å². The van der Waals surface area contributed by atoms with Crippen molar-refractivity contribution in [3.05, 3.63) is 66.0 Å². The van der Waals surface area contributed by atoms with Gasteiger partial charge in [0, 0.05) is 18.7 Å². The predicted octanol–water partition coefficient (Wildman–Crippen LogP) is 2.49. The number of hydrogen-bond acceptors (Lipinski definition) is 6. The van der Waals surface area contributed by atoms with Gasteiger partial charge in [0.05, 0.1) is 13.2 Å². The number of ether oxygens (including phenoxy) is 1. The SMILES string of the molecule is Nn1c(S[C@H](C(=O)N2CCOCC2)c2ccccc2)nnc1-c1ccc(F)cc1. The van der Waals surface area contributed by atoms with Gasteiger partial charge in [-0.1, -0.05) is 42.1 Å². The van der Waals surface area contributed by atoms with E-state index in [1.54, 1.807) is 17.0 Å². The summed E-state index contributed by atoms with van der Waals surface area (Å²) in [5.74, 6) is 6.25. The fraction of sp³-hybridized carbons (Fsp3) is 0.250. The summed E-state index contributed by atoms with van der Waals surface area (Å²) < 4.78 is 19.9. The number of nitrogens with two attached hydrogens (primary N) is 1. The highest BCUT2D eigenvalue weighted by Crippen LogP contribution is 2.36. The Hall–Kier alpha value is -2.91. The van der Waals surface area contributed by atoms with E-state index in [1.807, 2.05) is 30.3 Å². The van der Waals surface area contributed by atoms with Crippen LogP contribution < -0.4 is 5.84 Å². The lowest BCUT2D eigenvalue weighted by atomic mass is 10.1. The van der Waals surface area contributed by atoms with Gasteiger partial charge in [0.2, 0.25) is 11.1 Å². The van der Waals surface area contributed by atoms with Crippen LogP contribution in [0.5, 0.6) is 0 Å². The number of morpholine rings is 1. The van der Waals surface area contributed by atoms with Gasteiger partial charge in [-0.05, 0) is 29.8 Å². The van der Waals surface area contributed by atoms with Gasteiger partial charge in [-0.2, -0.15) is 0 Å². The molecule has 9 heteroatoms. The Kier molecular flexibility index (Phi) is 5.77. The lowest BCUT2D eigenvalue weighted by molar-refractivity contribution is -0.134. The van der Waals surface area contributed by atoms with Crippen LogP contribution in [0, 0.1) is 5.82 Å². The number of thioether (sulfide) groups is 1. The van der Waals surface area contributed by atoms with Gasteiger partial charge < -0.3 is 15.5 Å². The molecule has 1 amide bonds. The zero-order valence-electron chi connectivity index (χ0n) is 15.6. The van der Waals surface area contributed by atoms with Gasteiger partial charge in [-0.15, -0.1) is 10.2 Å². The van der Waals surface area contributed by atoms with Crippen LogP contribution in [0.4, 0.5) is 4.39 Å². The number of carbonyl (C=O) groups is 1. The second-order valence-corrected chi connectivity index (χ2v) is 7.60. The third-order valence-corrected chi connectivity index (χ3v) is 5.84. The van der Waals surface area contributed by atoms with Gasteiger partial charge in [0.15, 0.2) is 5.82 Å². The third kappa shape index (κ3) is 4.25. The Balaban J connectivity index is 1.62. The van der Waals surface area contributed by atoms with E-state index >= 15 is 0 Å². The maximum atomic E-state index is 13.2. The number of halogens is 1. The smallest absolute Gasteiger partial charge is 0.240 e. The molecule has 1 aliphatic rings. The third-order valence-electron chi connectivity index (χ3n) is 4.64. The fourth-order valence-corrected chi connectivity index (χ4v) is 4.14. The summed E-state index contributed by atoms with van der Waals surface area (Å²) in [6.07, 6.45) is 0. The minimum atomic E-state index is -0.512. The molecule has 0 aliphatic carbocycles. The highest BCUT2D eigenvalue weighted by molar-refractivity contribution is 8.00.